The van der Waals surface area contributed by atoms with Crippen LogP contribution in [0.15, 0.2) is 41.2 Å². The number of fused-ring (bicyclic) bond motifs is 1. The fourth-order valence-corrected chi connectivity index (χ4v) is 2.34. The van der Waals surface area contributed by atoms with Crippen molar-refractivity contribution in [3.05, 3.63) is 69.6 Å². The standard InChI is InChI=1S/C14H9ClF2N2O/c15-13(7-1-3-9(16)10(17)5-7)8-2-4-11-12(6-8)19-14(20)18-11/h1-6,13H,(H2,18,19,20). The van der Waals surface area contributed by atoms with E-state index in [9.17, 15) is 13.6 Å². The molecule has 1 heterocycles. The third kappa shape index (κ3) is 2.20. The zero-order valence-corrected chi connectivity index (χ0v) is 10.8. The van der Waals surface area contributed by atoms with Gasteiger partial charge >= 0.3 is 5.69 Å². The van der Waals surface area contributed by atoms with Gasteiger partial charge in [0.25, 0.3) is 0 Å². The number of rotatable bonds is 2. The van der Waals surface area contributed by atoms with E-state index in [1.165, 1.54) is 6.07 Å². The van der Waals surface area contributed by atoms with E-state index in [2.05, 4.69) is 9.97 Å². The summed E-state index contributed by atoms with van der Waals surface area (Å²) in [7, 11) is 0. The van der Waals surface area contributed by atoms with E-state index in [4.69, 9.17) is 11.6 Å². The average Bonchev–Trinajstić information content (AvgIpc) is 2.80. The highest BCUT2D eigenvalue weighted by atomic mass is 35.5. The molecule has 0 saturated heterocycles. The van der Waals surface area contributed by atoms with Gasteiger partial charge in [0.1, 0.15) is 0 Å². The molecule has 102 valence electrons. The van der Waals surface area contributed by atoms with Crippen LogP contribution in [0, 0.1) is 11.6 Å². The SMILES string of the molecule is O=c1[nH]c2ccc(C(Cl)c3ccc(F)c(F)c3)cc2[nH]1. The first-order chi connectivity index (χ1) is 9.54. The van der Waals surface area contributed by atoms with Gasteiger partial charge in [0.15, 0.2) is 11.6 Å². The summed E-state index contributed by atoms with van der Waals surface area (Å²) >= 11 is 6.27. The summed E-state index contributed by atoms with van der Waals surface area (Å²) in [5.41, 5.74) is 2.09. The van der Waals surface area contributed by atoms with Gasteiger partial charge in [-0.2, -0.15) is 0 Å². The molecule has 0 aliphatic carbocycles. The number of hydrogen-bond acceptors (Lipinski definition) is 1. The van der Waals surface area contributed by atoms with Gasteiger partial charge in [-0.15, -0.1) is 11.6 Å². The minimum absolute atomic E-state index is 0.309. The molecule has 0 radical (unpaired) electrons. The summed E-state index contributed by atoms with van der Waals surface area (Å²) in [6.07, 6.45) is 0. The Hall–Kier alpha value is -2.14. The normalized spacial score (nSPS) is 12.8. The van der Waals surface area contributed by atoms with E-state index in [-0.39, 0.29) is 5.69 Å². The zero-order chi connectivity index (χ0) is 14.3. The summed E-state index contributed by atoms with van der Waals surface area (Å²) in [6.45, 7) is 0. The molecule has 1 aromatic heterocycles. The van der Waals surface area contributed by atoms with E-state index >= 15 is 0 Å². The molecule has 0 aliphatic heterocycles. The fraction of sp³-hybridized carbons (Fsp3) is 0.0714. The monoisotopic (exact) mass is 294 g/mol. The number of nitrogens with one attached hydrogen (secondary N) is 2. The van der Waals surface area contributed by atoms with Gasteiger partial charge in [-0.25, -0.2) is 13.6 Å². The third-order valence-corrected chi connectivity index (χ3v) is 3.57. The Balaban J connectivity index is 2.04. The summed E-state index contributed by atoms with van der Waals surface area (Å²) in [5, 5.41) is -0.632. The maximum atomic E-state index is 13.2. The van der Waals surface area contributed by atoms with Crippen LogP contribution in [0.5, 0.6) is 0 Å². The lowest BCUT2D eigenvalue weighted by atomic mass is 10.0. The van der Waals surface area contributed by atoms with Crippen LogP contribution in [-0.4, -0.2) is 9.97 Å². The summed E-state index contributed by atoms with van der Waals surface area (Å²) < 4.78 is 26.1. The number of H-pyrrole nitrogens is 2. The number of halogens is 3. The second-order valence-corrected chi connectivity index (χ2v) is 4.86. The molecule has 0 bridgehead atoms. The Morgan fingerprint density at radius 1 is 0.900 bits per heavy atom. The van der Waals surface area contributed by atoms with Crippen LogP contribution >= 0.6 is 11.6 Å². The van der Waals surface area contributed by atoms with Crippen molar-refractivity contribution in [2.24, 2.45) is 0 Å². The first-order valence-corrected chi connectivity index (χ1v) is 6.29. The molecule has 0 fully saturated rings. The Labute approximate surface area is 117 Å². The van der Waals surface area contributed by atoms with Crippen molar-refractivity contribution in [1.82, 2.24) is 9.97 Å². The number of aromatic nitrogens is 2. The van der Waals surface area contributed by atoms with Crippen LogP contribution < -0.4 is 5.69 Å². The van der Waals surface area contributed by atoms with Crippen LogP contribution in [0.25, 0.3) is 11.0 Å². The van der Waals surface area contributed by atoms with Gasteiger partial charge < -0.3 is 9.97 Å². The van der Waals surface area contributed by atoms with Gasteiger partial charge in [0.2, 0.25) is 0 Å². The molecule has 3 nitrogen and oxygen atoms in total. The number of hydrogen-bond donors (Lipinski definition) is 2. The average molecular weight is 295 g/mol. The third-order valence-electron chi connectivity index (χ3n) is 3.07. The molecule has 1 atom stereocenters. The van der Waals surface area contributed by atoms with Crippen LogP contribution in [0.1, 0.15) is 16.5 Å². The van der Waals surface area contributed by atoms with Gasteiger partial charge in [0.05, 0.1) is 16.4 Å². The van der Waals surface area contributed by atoms with E-state index in [0.717, 1.165) is 12.1 Å². The Morgan fingerprint density at radius 2 is 1.55 bits per heavy atom. The molecule has 3 aromatic rings. The number of alkyl halides is 1. The molecule has 0 saturated carbocycles. The maximum Gasteiger partial charge on any atom is 0.323 e. The Morgan fingerprint density at radius 3 is 2.30 bits per heavy atom. The van der Waals surface area contributed by atoms with Crippen molar-refractivity contribution in [1.29, 1.82) is 0 Å². The molecule has 2 N–H and O–H groups in total. The van der Waals surface area contributed by atoms with Gasteiger partial charge in [-0.1, -0.05) is 12.1 Å². The zero-order valence-electron chi connectivity index (χ0n) is 10.1. The van der Waals surface area contributed by atoms with Crippen molar-refractivity contribution in [2.45, 2.75) is 5.38 Å². The van der Waals surface area contributed by atoms with Crippen molar-refractivity contribution >= 4 is 22.6 Å². The van der Waals surface area contributed by atoms with Gasteiger partial charge in [-0.3, -0.25) is 0 Å². The topological polar surface area (TPSA) is 48.6 Å². The number of aromatic amines is 2. The largest absolute Gasteiger partial charge is 0.323 e. The molecule has 2 aromatic carbocycles. The van der Waals surface area contributed by atoms with Gasteiger partial charge in [-0.05, 0) is 35.4 Å². The van der Waals surface area contributed by atoms with Crippen LogP contribution in [0.4, 0.5) is 8.78 Å². The minimum Gasteiger partial charge on any atom is -0.306 e. The maximum absolute atomic E-state index is 13.2. The molecule has 20 heavy (non-hydrogen) atoms. The fourth-order valence-electron chi connectivity index (χ4n) is 2.07. The molecule has 3 rings (SSSR count). The summed E-state index contributed by atoms with van der Waals surface area (Å²) in [6, 6.07) is 8.67. The first kappa shape index (κ1) is 12.9. The second-order valence-electron chi connectivity index (χ2n) is 4.42. The molecule has 0 spiro atoms. The molecular formula is C14H9ClF2N2O. The van der Waals surface area contributed by atoms with Crippen LogP contribution in [0.3, 0.4) is 0 Å². The van der Waals surface area contributed by atoms with E-state index in [1.807, 2.05) is 0 Å². The number of imidazole rings is 1. The predicted molar refractivity (Wildman–Crippen MR) is 73.0 cm³/mol. The molecule has 6 heteroatoms. The van der Waals surface area contributed by atoms with E-state index in [0.29, 0.717) is 22.2 Å². The lowest BCUT2D eigenvalue weighted by molar-refractivity contribution is 0.507. The van der Waals surface area contributed by atoms with Crippen LogP contribution in [0.2, 0.25) is 0 Å². The van der Waals surface area contributed by atoms with Crippen molar-refractivity contribution in [2.75, 3.05) is 0 Å². The molecular weight excluding hydrogens is 286 g/mol. The highest BCUT2D eigenvalue weighted by molar-refractivity contribution is 6.22. The highest BCUT2D eigenvalue weighted by Crippen LogP contribution is 2.30. The molecule has 0 amide bonds. The van der Waals surface area contributed by atoms with Crippen molar-refractivity contribution < 1.29 is 8.78 Å². The van der Waals surface area contributed by atoms with E-state index in [1.54, 1.807) is 18.2 Å². The highest BCUT2D eigenvalue weighted by Gasteiger charge is 2.14. The van der Waals surface area contributed by atoms with Gasteiger partial charge in [0, 0.05) is 0 Å². The lowest BCUT2D eigenvalue weighted by Gasteiger charge is -2.10. The van der Waals surface area contributed by atoms with Crippen molar-refractivity contribution in [3.8, 4) is 0 Å². The lowest BCUT2D eigenvalue weighted by Crippen LogP contribution is -1.99. The second kappa shape index (κ2) is 4.76. The minimum atomic E-state index is -0.940. The quantitative estimate of drug-likeness (QED) is 0.699. The van der Waals surface area contributed by atoms with Crippen molar-refractivity contribution in [3.63, 3.8) is 0 Å². The first-order valence-electron chi connectivity index (χ1n) is 5.85. The summed E-state index contributed by atoms with van der Waals surface area (Å²) in [5.74, 6) is -1.85. The number of benzene rings is 2. The predicted octanol–water partition coefficient (Wildman–Crippen LogP) is 3.46. The Kier molecular flexibility index (Phi) is 3.06. The van der Waals surface area contributed by atoms with Crippen LogP contribution in [-0.2, 0) is 0 Å². The van der Waals surface area contributed by atoms with E-state index < -0.39 is 17.0 Å². The molecule has 0 aliphatic rings. The Bertz CT molecular complexity index is 841. The summed E-state index contributed by atoms with van der Waals surface area (Å²) in [4.78, 5) is 16.4. The smallest absolute Gasteiger partial charge is 0.306 e. The molecule has 1 unspecified atom stereocenters.